The zero-order chi connectivity index (χ0) is 38.1. The van der Waals surface area contributed by atoms with Crippen LogP contribution in [-0.2, 0) is 26.5 Å². The molecule has 0 aliphatic carbocycles. The number of aromatic nitrogens is 4. The van der Waals surface area contributed by atoms with Crippen molar-refractivity contribution in [2.24, 2.45) is 5.92 Å². The first kappa shape index (κ1) is 39.1. The van der Waals surface area contributed by atoms with E-state index in [9.17, 15) is 0 Å². The number of rotatable bonds is 7. The summed E-state index contributed by atoms with van der Waals surface area (Å²) >= 11 is -1.86. The van der Waals surface area contributed by atoms with E-state index in [0.717, 1.165) is 79.0 Å². The summed E-state index contributed by atoms with van der Waals surface area (Å²) in [5.74, 6) is 8.79. The van der Waals surface area contributed by atoms with Crippen LogP contribution < -0.4 is 4.40 Å². The molecule has 56 heavy (non-hydrogen) atoms. The molecule has 0 saturated heterocycles. The summed E-state index contributed by atoms with van der Waals surface area (Å²) < 4.78 is 10.2. The largest absolute Gasteiger partial charge is 0.486 e. The molecule has 0 amide bonds. The minimum absolute atomic E-state index is 0. The molecule has 5 aromatic carbocycles. The Morgan fingerprint density at radius 1 is 0.768 bits per heavy atom. The summed E-state index contributed by atoms with van der Waals surface area (Å²) in [6, 6.07) is 51.9. The SMILES string of the molecule is CC(C)Cc1cc(-c2[c-]cccc2)nc[c]1[Ge]([CH3])([CH3])[CH3].Cc1c[c-]c(-c2nc3ccccc3n2-c2ccccc2)c2oc3nc(-c4ccccc4)ccc3c12.[Ir]. The van der Waals surface area contributed by atoms with Crippen molar-refractivity contribution in [3.63, 3.8) is 0 Å². The molecule has 0 spiro atoms. The zero-order valence-corrected chi connectivity index (χ0v) is 37.1. The van der Waals surface area contributed by atoms with Crippen LogP contribution in [0.1, 0.15) is 25.0 Å². The number of aryl methyl sites for hydroxylation is 1. The van der Waals surface area contributed by atoms with Crippen LogP contribution >= 0.6 is 0 Å². The summed E-state index contributed by atoms with van der Waals surface area (Å²) in [6.07, 6.45) is 3.27. The molecule has 0 unspecified atom stereocenters. The van der Waals surface area contributed by atoms with Crippen molar-refractivity contribution in [2.75, 3.05) is 0 Å². The second-order valence-electron chi connectivity index (χ2n) is 15.5. The van der Waals surface area contributed by atoms with Crippen molar-refractivity contribution >= 4 is 50.8 Å². The van der Waals surface area contributed by atoms with Gasteiger partial charge in [-0.05, 0) is 36.4 Å². The van der Waals surface area contributed by atoms with E-state index in [1.54, 1.807) is 4.40 Å². The second kappa shape index (κ2) is 16.5. The molecule has 4 heterocycles. The first-order chi connectivity index (χ1) is 26.7. The normalized spacial score (nSPS) is 11.5. The number of nitrogens with zero attached hydrogens (tertiary/aromatic N) is 4. The quantitative estimate of drug-likeness (QED) is 0.118. The van der Waals surface area contributed by atoms with Crippen LogP contribution in [-0.4, -0.2) is 32.8 Å². The van der Waals surface area contributed by atoms with Gasteiger partial charge in [-0.2, -0.15) is 0 Å². The Balaban J connectivity index is 0.000000197. The number of fused-ring (bicyclic) bond motifs is 4. The number of pyridine rings is 2. The summed E-state index contributed by atoms with van der Waals surface area (Å²) in [5.41, 5.74) is 11.9. The fourth-order valence-corrected chi connectivity index (χ4v) is 10.6. The van der Waals surface area contributed by atoms with Crippen LogP contribution in [0.25, 0.3) is 72.7 Å². The maximum atomic E-state index is 6.47. The predicted octanol–water partition coefficient (Wildman–Crippen LogP) is 12.1. The molecule has 0 fully saturated rings. The molecule has 0 atom stereocenters. The van der Waals surface area contributed by atoms with Gasteiger partial charge in [-0.15, -0.1) is 17.7 Å². The van der Waals surface area contributed by atoms with Gasteiger partial charge in [0.05, 0.1) is 28.1 Å². The number of benzene rings is 5. The van der Waals surface area contributed by atoms with E-state index in [-0.39, 0.29) is 20.1 Å². The van der Waals surface area contributed by atoms with E-state index in [2.05, 4.69) is 116 Å². The molecular formula is C49H44GeIrN4O-2. The Morgan fingerprint density at radius 2 is 1.48 bits per heavy atom. The monoisotopic (exact) mass is 971 g/mol. The van der Waals surface area contributed by atoms with Crippen LogP contribution in [0.5, 0.6) is 0 Å². The van der Waals surface area contributed by atoms with Gasteiger partial charge < -0.3 is 8.98 Å². The van der Waals surface area contributed by atoms with Crippen molar-refractivity contribution in [2.45, 2.75) is 44.5 Å². The maximum Gasteiger partial charge on any atom is 0.216 e. The number of furan rings is 1. The molecule has 0 saturated carbocycles. The summed E-state index contributed by atoms with van der Waals surface area (Å²) in [4.78, 5) is 14.6. The van der Waals surface area contributed by atoms with Gasteiger partial charge in [0.25, 0.3) is 0 Å². The molecule has 0 bridgehead atoms. The van der Waals surface area contributed by atoms with E-state index in [0.29, 0.717) is 11.6 Å². The van der Waals surface area contributed by atoms with Gasteiger partial charge in [0.2, 0.25) is 5.71 Å². The number of para-hydroxylation sites is 3. The van der Waals surface area contributed by atoms with Gasteiger partial charge in [-0.3, -0.25) is 4.98 Å². The molecule has 7 heteroatoms. The predicted molar refractivity (Wildman–Crippen MR) is 231 cm³/mol. The molecule has 0 aliphatic heterocycles. The summed E-state index contributed by atoms with van der Waals surface area (Å²) in [7, 11) is 0. The molecule has 281 valence electrons. The van der Waals surface area contributed by atoms with Crippen LogP contribution in [0.4, 0.5) is 0 Å². The van der Waals surface area contributed by atoms with Gasteiger partial charge in [0, 0.05) is 36.7 Å². The first-order valence-electron chi connectivity index (χ1n) is 19.0. The number of imidazole rings is 1. The molecule has 1 radical (unpaired) electrons. The van der Waals surface area contributed by atoms with Crippen molar-refractivity contribution in [3.05, 3.63) is 163 Å². The molecular weight excluding hydrogens is 925 g/mol. The van der Waals surface area contributed by atoms with Gasteiger partial charge in [-0.25, -0.2) is 4.98 Å². The van der Waals surface area contributed by atoms with Crippen molar-refractivity contribution in [3.8, 4) is 39.6 Å². The Kier molecular flexibility index (Phi) is 11.5. The number of hydrogen-bond donors (Lipinski definition) is 0. The van der Waals surface area contributed by atoms with Gasteiger partial charge in [-0.1, -0.05) is 78.5 Å². The molecule has 9 rings (SSSR count). The minimum Gasteiger partial charge on any atom is -0.486 e. The average molecular weight is 970 g/mol. The third kappa shape index (κ3) is 7.92. The van der Waals surface area contributed by atoms with Crippen LogP contribution in [0.3, 0.4) is 0 Å². The fraction of sp³-hybridized carbons (Fsp3) is 0.163. The van der Waals surface area contributed by atoms with Crippen LogP contribution in [0.15, 0.2) is 144 Å². The Bertz CT molecular complexity index is 2750. The van der Waals surface area contributed by atoms with E-state index >= 15 is 0 Å². The second-order valence-corrected chi connectivity index (χ2v) is 26.1. The molecule has 5 nitrogen and oxygen atoms in total. The Morgan fingerprint density at radius 3 is 2.20 bits per heavy atom. The minimum atomic E-state index is -1.86. The van der Waals surface area contributed by atoms with Gasteiger partial charge in [0.1, 0.15) is 0 Å². The van der Waals surface area contributed by atoms with E-state index in [4.69, 9.17) is 19.4 Å². The molecule has 9 aromatic rings. The van der Waals surface area contributed by atoms with Crippen molar-refractivity contribution < 1.29 is 24.5 Å². The Hall–Kier alpha value is -5.14. The third-order valence-corrected chi connectivity index (χ3v) is 14.2. The third-order valence-electron chi connectivity index (χ3n) is 9.89. The maximum absolute atomic E-state index is 6.47. The molecule has 0 N–H and O–H groups in total. The summed E-state index contributed by atoms with van der Waals surface area (Å²) in [5, 5.41) is 2.04. The summed E-state index contributed by atoms with van der Waals surface area (Å²) in [6.45, 7) is 6.66. The van der Waals surface area contributed by atoms with Crippen LogP contribution in [0.2, 0.25) is 17.3 Å². The Labute approximate surface area is 345 Å². The average Bonchev–Trinajstić information content (AvgIpc) is 3.78. The standard InChI is InChI=1S/C31H20N3O.C18H24GeN.Ir/c1-20-16-17-24(30-32-26-14-8-9-15-27(26)34(30)22-12-6-3-7-13-22)29-28(20)23-18-19-25(33-31(23)35-29)21-10-4-2-5-11-21;1-14(2)11-16-12-18(15-9-7-6-8-10-15)20-13-17(16)19(3,4)5;/h2-16,18-19H,1H3;6-9,12-14H,11H2,1-5H3;/q2*-1;. The van der Waals surface area contributed by atoms with Crippen LogP contribution in [0, 0.1) is 25.0 Å². The van der Waals surface area contributed by atoms with E-state index in [1.807, 2.05) is 78.9 Å². The number of hydrogen-bond acceptors (Lipinski definition) is 4. The zero-order valence-electron chi connectivity index (χ0n) is 32.6. The smallest absolute Gasteiger partial charge is 0.216 e. The topological polar surface area (TPSA) is 56.7 Å². The fourth-order valence-electron chi connectivity index (χ4n) is 7.31. The van der Waals surface area contributed by atoms with Gasteiger partial charge in [0.15, 0.2) is 0 Å². The first-order valence-corrected chi connectivity index (χ1v) is 26.3. The van der Waals surface area contributed by atoms with E-state index in [1.165, 1.54) is 5.56 Å². The van der Waals surface area contributed by atoms with Crippen molar-refractivity contribution in [1.29, 1.82) is 0 Å². The van der Waals surface area contributed by atoms with Gasteiger partial charge >= 0.3 is 126 Å². The van der Waals surface area contributed by atoms with Crippen molar-refractivity contribution in [1.82, 2.24) is 19.5 Å². The molecule has 0 aliphatic rings. The van der Waals surface area contributed by atoms with E-state index < -0.39 is 13.3 Å². The molecule has 4 aromatic heterocycles.